The van der Waals surface area contributed by atoms with Gasteiger partial charge in [-0.3, -0.25) is 4.79 Å². The molecule has 0 spiro atoms. The van der Waals surface area contributed by atoms with Crippen molar-refractivity contribution in [3.63, 3.8) is 0 Å². The van der Waals surface area contributed by atoms with E-state index in [1.807, 2.05) is 24.3 Å². The topological polar surface area (TPSA) is 48.7 Å². The van der Waals surface area contributed by atoms with E-state index < -0.39 is 0 Å². The predicted molar refractivity (Wildman–Crippen MR) is 70.4 cm³/mol. The Balaban J connectivity index is 2.11. The Kier molecular flexibility index (Phi) is 4.36. The molecule has 2 aromatic rings. The van der Waals surface area contributed by atoms with Crippen LogP contribution in [0.4, 0.5) is 0 Å². The Morgan fingerprint density at radius 2 is 1.95 bits per heavy atom. The van der Waals surface area contributed by atoms with Crippen molar-refractivity contribution in [3.8, 4) is 5.75 Å². The Morgan fingerprint density at radius 1 is 1.16 bits per heavy atom. The Morgan fingerprint density at radius 3 is 2.68 bits per heavy atom. The minimum absolute atomic E-state index is 0.0770. The molecule has 0 fully saturated rings. The summed E-state index contributed by atoms with van der Waals surface area (Å²) in [5.74, 6) is 1.62. The number of hydrogen-bond donors (Lipinski definition) is 0. The molecular formula is C15H16O4. The lowest BCUT2D eigenvalue weighted by atomic mass is 10.1. The Bertz CT molecular complexity index is 557. The summed E-state index contributed by atoms with van der Waals surface area (Å²) >= 11 is 0. The lowest BCUT2D eigenvalue weighted by Crippen LogP contribution is -2.03. The highest BCUT2D eigenvalue weighted by Crippen LogP contribution is 2.20. The standard InChI is InChI=1S/C15H16O4/c1-17-10-12-7-8-15(19-12)13(16)9-11-5-3-4-6-14(11)18-2/h3-8H,9-10H2,1-2H3. The number of furan rings is 1. The molecule has 0 N–H and O–H groups in total. The van der Waals surface area contributed by atoms with Crippen molar-refractivity contribution in [2.75, 3.05) is 14.2 Å². The van der Waals surface area contributed by atoms with E-state index in [1.165, 1.54) is 0 Å². The molecule has 0 aliphatic rings. The molecule has 0 bridgehead atoms. The number of ether oxygens (including phenoxy) is 2. The molecule has 1 heterocycles. The van der Waals surface area contributed by atoms with Crippen molar-refractivity contribution in [2.45, 2.75) is 13.0 Å². The molecule has 0 atom stereocenters. The first-order chi connectivity index (χ1) is 9.24. The van der Waals surface area contributed by atoms with Crippen LogP contribution in [-0.4, -0.2) is 20.0 Å². The van der Waals surface area contributed by atoms with Gasteiger partial charge in [0.25, 0.3) is 0 Å². The lowest BCUT2D eigenvalue weighted by Gasteiger charge is -2.06. The molecule has 1 aromatic heterocycles. The van der Waals surface area contributed by atoms with E-state index >= 15 is 0 Å². The quantitative estimate of drug-likeness (QED) is 0.749. The van der Waals surface area contributed by atoms with Crippen LogP contribution in [-0.2, 0) is 17.8 Å². The van der Waals surface area contributed by atoms with E-state index in [9.17, 15) is 4.79 Å². The van der Waals surface area contributed by atoms with Crippen molar-refractivity contribution in [2.24, 2.45) is 0 Å². The zero-order valence-corrected chi connectivity index (χ0v) is 11.0. The summed E-state index contributed by atoms with van der Waals surface area (Å²) in [6.45, 7) is 0.363. The van der Waals surface area contributed by atoms with Crippen LogP contribution in [0, 0.1) is 0 Å². The number of benzene rings is 1. The summed E-state index contributed by atoms with van der Waals surface area (Å²) in [6, 6.07) is 10.9. The minimum atomic E-state index is -0.0770. The second-order valence-electron chi connectivity index (χ2n) is 4.11. The average Bonchev–Trinajstić information content (AvgIpc) is 2.88. The third-order valence-electron chi connectivity index (χ3n) is 2.77. The van der Waals surface area contributed by atoms with Crippen LogP contribution in [0.2, 0.25) is 0 Å². The zero-order chi connectivity index (χ0) is 13.7. The minimum Gasteiger partial charge on any atom is -0.496 e. The summed E-state index contributed by atoms with van der Waals surface area (Å²) in [5, 5.41) is 0. The fraction of sp³-hybridized carbons (Fsp3) is 0.267. The number of Topliss-reactive ketones (excluding diaryl/α,β-unsaturated/α-hetero) is 1. The van der Waals surface area contributed by atoms with Crippen molar-refractivity contribution < 1.29 is 18.7 Å². The molecule has 0 aliphatic carbocycles. The van der Waals surface area contributed by atoms with Crippen LogP contribution in [0.3, 0.4) is 0 Å². The van der Waals surface area contributed by atoms with E-state index in [-0.39, 0.29) is 12.2 Å². The van der Waals surface area contributed by atoms with Gasteiger partial charge in [0.2, 0.25) is 5.78 Å². The van der Waals surface area contributed by atoms with Crippen LogP contribution < -0.4 is 4.74 Å². The summed E-state index contributed by atoms with van der Waals surface area (Å²) in [7, 11) is 3.17. The van der Waals surface area contributed by atoms with Crippen molar-refractivity contribution in [3.05, 3.63) is 53.5 Å². The van der Waals surface area contributed by atoms with Crippen LogP contribution >= 0.6 is 0 Å². The van der Waals surface area contributed by atoms with Gasteiger partial charge in [-0.15, -0.1) is 0 Å². The first-order valence-electron chi connectivity index (χ1n) is 5.97. The number of ketones is 1. The third kappa shape index (κ3) is 3.23. The van der Waals surface area contributed by atoms with Gasteiger partial charge < -0.3 is 13.9 Å². The van der Waals surface area contributed by atoms with Gasteiger partial charge in [-0.05, 0) is 18.2 Å². The number of carbonyl (C=O) groups is 1. The summed E-state index contributed by atoms with van der Waals surface area (Å²) in [6.07, 6.45) is 0.254. The highest BCUT2D eigenvalue weighted by atomic mass is 16.5. The normalized spacial score (nSPS) is 10.4. The molecule has 19 heavy (non-hydrogen) atoms. The number of carbonyl (C=O) groups excluding carboxylic acids is 1. The number of para-hydroxylation sites is 1. The van der Waals surface area contributed by atoms with Gasteiger partial charge in [0.1, 0.15) is 18.1 Å². The molecular weight excluding hydrogens is 244 g/mol. The molecule has 2 rings (SSSR count). The highest BCUT2D eigenvalue weighted by molar-refractivity contribution is 5.95. The molecule has 0 radical (unpaired) electrons. The predicted octanol–water partition coefficient (Wildman–Crippen LogP) is 2.86. The molecule has 0 aliphatic heterocycles. The zero-order valence-electron chi connectivity index (χ0n) is 11.0. The van der Waals surface area contributed by atoms with Crippen molar-refractivity contribution in [1.82, 2.24) is 0 Å². The molecule has 0 amide bonds. The third-order valence-corrected chi connectivity index (χ3v) is 2.77. The largest absolute Gasteiger partial charge is 0.496 e. The molecule has 4 nitrogen and oxygen atoms in total. The fourth-order valence-electron chi connectivity index (χ4n) is 1.86. The van der Waals surface area contributed by atoms with Crippen LogP contribution in [0.25, 0.3) is 0 Å². The van der Waals surface area contributed by atoms with Gasteiger partial charge in [0, 0.05) is 19.1 Å². The molecule has 1 aromatic carbocycles. The smallest absolute Gasteiger partial charge is 0.202 e. The van der Waals surface area contributed by atoms with Crippen LogP contribution in [0.5, 0.6) is 5.75 Å². The molecule has 0 unspecified atom stereocenters. The average molecular weight is 260 g/mol. The van der Waals surface area contributed by atoms with Gasteiger partial charge in [-0.1, -0.05) is 18.2 Å². The highest BCUT2D eigenvalue weighted by Gasteiger charge is 2.14. The number of hydrogen-bond acceptors (Lipinski definition) is 4. The number of methoxy groups -OCH3 is 2. The van der Waals surface area contributed by atoms with E-state index in [2.05, 4.69) is 0 Å². The van der Waals surface area contributed by atoms with E-state index in [0.29, 0.717) is 23.9 Å². The van der Waals surface area contributed by atoms with Crippen LogP contribution in [0.15, 0.2) is 40.8 Å². The second-order valence-corrected chi connectivity index (χ2v) is 4.11. The van der Waals surface area contributed by atoms with Gasteiger partial charge in [-0.2, -0.15) is 0 Å². The molecule has 4 heteroatoms. The lowest BCUT2D eigenvalue weighted by molar-refractivity contribution is 0.0956. The van der Waals surface area contributed by atoms with Gasteiger partial charge >= 0.3 is 0 Å². The maximum atomic E-state index is 12.1. The van der Waals surface area contributed by atoms with E-state index in [4.69, 9.17) is 13.9 Å². The molecule has 0 saturated heterocycles. The first-order valence-corrected chi connectivity index (χ1v) is 5.97. The maximum absolute atomic E-state index is 12.1. The first kappa shape index (κ1) is 13.4. The SMILES string of the molecule is COCc1ccc(C(=O)Cc2ccccc2OC)o1. The van der Waals surface area contributed by atoms with Crippen LogP contribution in [0.1, 0.15) is 21.9 Å². The summed E-state index contributed by atoms with van der Waals surface area (Å²) in [4.78, 5) is 12.1. The second kappa shape index (κ2) is 6.20. The van der Waals surface area contributed by atoms with E-state index in [0.717, 1.165) is 5.56 Å². The summed E-state index contributed by atoms with van der Waals surface area (Å²) in [5.41, 5.74) is 0.847. The maximum Gasteiger partial charge on any atom is 0.202 e. The number of rotatable bonds is 6. The van der Waals surface area contributed by atoms with Gasteiger partial charge in [0.05, 0.1) is 7.11 Å². The summed E-state index contributed by atoms with van der Waals surface area (Å²) < 4.78 is 15.6. The molecule has 100 valence electrons. The molecule has 0 saturated carbocycles. The monoisotopic (exact) mass is 260 g/mol. The van der Waals surface area contributed by atoms with Crippen molar-refractivity contribution in [1.29, 1.82) is 0 Å². The van der Waals surface area contributed by atoms with E-state index in [1.54, 1.807) is 26.4 Å². The van der Waals surface area contributed by atoms with Gasteiger partial charge in [0.15, 0.2) is 5.76 Å². The fourth-order valence-corrected chi connectivity index (χ4v) is 1.86. The Hall–Kier alpha value is -2.07. The Labute approximate surface area is 111 Å². The van der Waals surface area contributed by atoms with Crippen molar-refractivity contribution >= 4 is 5.78 Å². The van der Waals surface area contributed by atoms with Gasteiger partial charge in [-0.25, -0.2) is 0 Å².